The number of nitrogens with zero attached hydrogens (tertiary/aromatic N) is 1. The molecule has 2 heteroatoms. The molecule has 25 heavy (non-hydrogen) atoms. The maximum atomic E-state index is 4.19. The second-order valence-electron chi connectivity index (χ2n) is 5.70. The van der Waals surface area contributed by atoms with Gasteiger partial charge in [-0.05, 0) is 52.8 Å². The van der Waals surface area contributed by atoms with Crippen LogP contribution in [0.3, 0.4) is 0 Å². The minimum Gasteiger partial charge on any atom is -0.385 e. The topological polar surface area (TPSA) is 24.9 Å². The van der Waals surface area contributed by atoms with E-state index in [-0.39, 0.29) is 0 Å². The van der Waals surface area contributed by atoms with Gasteiger partial charge in [0, 0.05) is 18.4 Å². The molecule has 0 unspecified atom stereocenters. The van der Waals surface area contributed by atoms with Gasteiger partial charge in [0.2, 0.25) is 0 Å². The number of pyridine rings is 1. The molecular formula is C23H32N2. The number of hydrogen-bond acceptors (Lipinski definition) is 2. The van der Waals surface area contributed by atoms with Crippen molar-refractivity contribution in [1.29, 1.82) is 0 Å². The Bertz CT molecular complexity index is 629. The molecule has 1 aromatic rings. The van der Waals surface area contributed by atoms with Crippen LogP contribution in [-0.4, -0.2) is 11.5 Å². The molecule has 0 aromatic carbocycles. The van der Waals surface area contributed by atoms with Gasteiger partial charge in [-0.3, -0.25) is 4.98 Å². The third-order valence-corrected chi connectivity index (χ3v) is 2.99. The molecule has 0 amide bonds. The third kappa shape index (κ3) is 14.7. The number of rotatable bonds is 7. The van der Waals surface area contributed by atoms with Crippen molar-refractivity contribution in [2.75, 3.05) is 6.54 Å². The van der Waals surface area contributed by atoms with E-state index < -0.39 is 0 Å². The summed E-state index contributed by atoms with van der Waals surface area (Å²) in [6.07, 6.45) is 18.1. The molecule has 0 saturated carbocycles. The summed E-state index contributed by atoms with van der Waals surface area (Å²) in [5, 5.41) is 3.16. The van der Waals surface area contributed by atoms with E-state index in [9.17, 15) is 0 Å². The fourth-order valence-corrected chi connectivity index (χ4v) is 1.70. The first kappa shape index (κ1) is 22.4. The van der Waals surface area contributed by atoms with Gasteiger partial charge in [0.25, 0.3) is 0 Å². The van der Waals surface area contributed by atoms with Gasteiger partial charge >= 0.3 is 0 Å². The van der Waals surface area contributed by atoms with Gasteiger partial charge in [-0.2, -0.15) is 0 Å². The molecule has 0 radical (unpaired) electrons. The van der Waals surface area contributed by atoms with Gasteiger partial charge in [-0.1, -0.05) is 66.3 Å². The highest BCUT2D eigenvalue weighted by molar-refractivity contribution is 5.47. The Kier molecular flexibility index (Phi) is 13.4. The fraction of sp³-hybridized carbons (Fsp3) is 0.261. The monoisotopic (exact) mass is 336 g/mol. The van der Waals surface area contributed by atoms with Crippen LogP contribution in [0.25, 0.3) is 6.08 Å². The van der Waals surface area contributed by atoms with E-state index in [1.807, 2.05) is 69.4 Å². The highest BCUT2D eigenvalue weighted by atomic mass is 14.9. The summed E-state index contributed by atoms with van der Waals surface area (Å²) in [6, 6.07) is 5.88. The van der Waals surface area contributed by atoms with Crippen molar-refractivity contribution in [1.82, 2.24) is 10.3 Å². The van der Waals surface area contributed by atoms with Crippen molar-refractivity contribution in [2.45, 2.75) is 34.6 Å². The second kappa shape index (κ2) is 14.9. The van der Waals surface area contributed by atoms with E-state index in [1.165, 1.54) is 11.1 Å². The molecule has 0 saturated heterocycles. The van der Waals surface area contributed by atoms with Crippen molar-refractivity contribution in [3.63, 3.8) is 0 Å². The fourth-order valence-electron chi connectivity index (χ4n) is 1.70. The average molecular weight is 337 g/mol. The zero-order valence-corrected chi connectivity index (χ0v) is 16.3. The number of aromatic nitrogens is 1. The maximum absolute atomic E-state index is 4.19. The minimum absolute atomic E-state index is 0.889. The Hall–Kier alpha value is -2.61. The van der Waals surface area contributed by atoms with Gasteiger partial charge in [-0.25, -0.2) is 0 Å². The van der Waals surface area contributed by atoms with Gasteiger partial charge in [0.05, 0.1) is 5.69 Å². The zero-order valence-electron chi connectivity index (χ0n) is 16.3. The Morgan fingerprint density at radius 1 is 1.08 bits per heavy atom. The molecule has 134 valence electrons. The first-order valence-electron chi connectivity index (χ1n) is 8.56. The van der Waals surface area contributed by atoms with Crippen LogP contribution in [0.1, 0.15) is 40.3 Å². The quantitative estimate of drug-likeness (QED) is 0.595. The number of allylic oxidation sites excluding steroid dienone is 9. The average Bonchev–Trinajstić information content (AvgIpc) is 2.60. The van der Waals surface area contributed by atoms with E-state index in [0.29, 0.717) is 0 Å². The molecule has 1 heterocycles. The van der Waals surface area contributed by atoms with E-state index >= 15 is 0 Å². The molecule has 1 N–H and O–H groups in total. The SMILES string of the molecule is C=C(C)NC/C(C)=C/C=C\C.C\C=C/C(C)=C\C=C\c1ccccn1. The molecule has 0 bridgehead atoms. The highest BCUT2D eigenvalue weighted by Crippen LogP contribution is 1.99. The normalized spacial score (nSPS) is 12.5. The van der Waals surface area contributed by atoms with E-state index in [1.54, 1.807) is 6.20 Å². The van der Waals surface area contributed by atoms with Crippen LogP contribution >= 0.6 is 0 Å². The molecule has 0 aliphatic heterocycles. The van der Waals surface area contributed by atoms with Gasteiger partial charge in [0.15, 0.2) is 0 Å². The number of nitrogens with one attached hydrogen (secondary N) is 1. The van der Waals surface area contributed by atoms with Crippen molar-refractivity contribution < 1.29 is 0 Å². The Balaban J connectivity index is 0.000000477. The summed E-state index contributed by atoms with van der Waals surface area (Å²) in [5.41, 5.74) is 4.54. The van der Waals surface area contributed by atoms with Crippen LogP contribution in [0.5, 0.6) is 0 Å². The summed E-state index contributed by atoms with van der Waals surface area (Å²) < 4.78 is 0. The molecule has 2 nitrogen and oxygen atoms in total. The van der Waals surface area contributed by atoms with Crippen LogP contribution < -0.4 is 5.32 Å². The largest absolute Gasteiger partial charge is 0.385 e. The van der Waals surface area contributed by atoms with Crippen LogP contribution in [0.2, 0.25) is 0 Å². The van der Waals surface area contributed by atoms with E-state index in [4.69, 9.17) is 0 Å². The summed E-state index contributed by atoms with van der Waals surface area (Å²) in [7, 11) is 0. The third-order valence-electron chi connectivity index (χ3n) is 2.99. The molecular weight excluding hydrogens is 304 g/mol. The summed E-state index contributed by atoms with van der Waals surface area (Å²) in [5.74, 6) is 0. The lowest BCUT2D eigenvalue weighted by molar-refractivity contribution is 0.874. The van der Waals surface area contributed by atoms with Crippen LogP contribution in [0.4, 0.5) is 0 Å². The van der Waals surface area contributed by atoms with Gasteiger partial charge in [0.1, 0.15) is 0 Å². The summed E-state index contributed by atoms with van der Waals surface area (Å²) in [4.78, 5) is 4.19. The smallest absolute Gasteiger partial charge is 0.0629 e. The zero-order chi connectivity index (χ0) is 18.9. The van der Waals surface area contributed by atoms with Crippen molar-refractivity contribution in [3.05, 3.63) is 96.0 Å². The standard InChI is InChI=1S/C13H15N.C10H17N/c1-3-7-12(2)8-6-10-13-9-4-5-11-14-13;1-5-6-7-10(4)8-11-9(2)3/h3-11H,1-2H3;5-7,11H,2,8H2,1,3-4H3/b7-3-,10-6+,12-8-;6-5-,10-7+. The van der Waals surface area contributed by atoms with Gasteiger partial charge < -0.3 is 5.32 Å². The lowest BCUT2D eigenvalue weighted by Crippen LogP contribution is -2.12. The molecule has 0 spiro atoms. The lowest BCUT2D eigenvalue weighted by atomic mass is 10.2. The Morgan fingerprint density at radius 2 is 1.84 bits per heavy atom. The first-order chi connectivity index (χ1) is 12.0. The molecule has 0 aliphatic carbocycles. The summed E-state index contributed by atoms with van der Waals surface area (Å²) >= 11 is 0. The van der Waals surface area contributed by atoms with Gasteiger partial charge in [-0.15, -0.1) is 0 Å². The molecule has 0 fully saturated rings. The van der Waals surface area contributed by atoms with Crippen molar-refractivity contribution in [2.24, 2.45) is 0 Å². The van der Waals surface area contributed by atoms with Crippen LogP contribution in [0.15, 0.2) is 90.4 Å². The van der Waals surface area contributed by atoms with E-state index in [0.717, 1.165) is 17.9 Å². The minimum atomic E-state index is 0.889. The maximum Gasteiger partial charge on any atom is 0.0629 e. The van der Waals surface area contributed by atoms with Crippen molar-refractivity contribution >= 4 is 6.08 Å². The lowest BCUT2D eigenvalue weighted by Gasteiger charge is -2.03. The predicted octanol–water partition coefficient (Wildman–Crippen LogP) is 6.25. The first-order valence-corrected chi connectivity index (χ1v) is 8.56. The van der Waals surface area contributed by atoms with Crippen LogP contribution in [-0.2, 0) is 0 Å². The highest BCUT2D eigenvalue weighted by Gasteiger charge is 1.85. The molecule has 1 aromatic heterocycles. The molecule has 0 aliphatic rings. The predicted molar refractivity (Wildman–Crippen MR) is 113 cm³/mol. The second-order valence-corrected chi connectivity index (χ2v) is 5.70. The molecule has 1 rings (SSSR count). The number of hydrogen-bond donors (Lipinski definition) is 1. The Morgan fingerprint density at radius 3 is 2.40 bits per heavy atom. The Labute approximate surface area is 154 Å². The molecule has 0 atom stereocenters. The van der Waals surface area contributed by atoms with Crippen molar-refractivity contribution in [3.8, 4) is 0 Å². The van der Waals surface area contributed by atoms with Crippen LogP contribution in [0, 0.1) is 0 Å². The van der Waals surface area contributed by atoms with E-state index in [2.05, 4.69) is 49.0 Å². The summed E-state index contributed by atoms with van der Waals surface area (Å²) in [6.45, 7) is 14.8.